The monoisotopic (exact) mass is 726 g/mol. The molecule has 0 amide bonds. The Bertz CT molecular complexity index is 2380. The predicted octanol–water partition coefficient (Wildman–Crippen LogP) is 6.68. The molecule has 262 valence electrons. The molecule has 6 rings (SSSR count). The number of rotatable bonds is 12. The van der Waals surface area contributed by atoms with E-state index in [4.69, 9.17) is 35.5 Å². The number of carbonyl (C=O) groups excluding carboxylic acids is 1. The molecule has 51 heavy (non-hydrogen) atoms. The van der Waals surface area contributed by atoms with Gasteiger partial charge in [-0.15, -0.1) is 0 Å². The Kier molecular flexibility index (Phi) is 10.6. The molecule has 1 atom stereocenters. The third-order valence-electron chi connectivity index (χ3n) is 8.42. The molecular formula is C39H35ClN2O8S. The van der Waals surface area contributed by atoms with Crippen LogP contribution in [0.3, 0.4) is 0 Å². The molecule has 1 aromatic heterocycles. The lowest BCUT2D eigenvalue weighted by molar-refractivity contribution is -0.139. The van der Waals surface area contributed by atoms with Crippen molar-refractivity contribution in [2.24, 2.45) is 4.99 Å². The van der Waals surface area contributed by atoms with E-state index in [-0.39, 0.29) is 35.1 Å². The van der Waals surface area contributed by atoms with Crippen LogP contribution in [0.25, 0.3) is 16.8 Å². The number of benzene rings is 4. The highest BCUT2D eigenvalue weighted by molar-refractivity contribution is 7.07. The van der Waals surface area contributed by atoms with E-state index in [1.54, 1.807) is 48.9 Å². The van der Waals surface area contributed by atoms with E-state index in [9.17, 15) is 19.5 Å². The first kappa shape index (κ1) is 35.4. The Morgan fingerprint density at radius 2 is 1.78 bits per heavy atom. The van der Waals surface area contributed by atoms with E-state index in [0.717, 1.165) is 10.8 Å². The number of hydrogen-bond acceptors (Lipinski definition) is 9. The summed E-state index contributed by atoms with van der Waals surface area (Å²) < 4.78 is 25.0. The fourth-order valence-corrected chi connectivity index (χ4v) is 7.49. The fourth-order valence-electron chi connectivity index (χ4n) is 6.19. The lowest BCUT2D eigenvalue weighted by Crippen LogP contribution is -2.40. The smallest absolute Gasteiger partial charge is 0.338 e. The number of ether oxygens (including phenoxy) is 4. The van der Waals surface area contributed by atoms with E-state index < -0.39 is 18.0 Å². The van der Waals surface area contributed by atoms with Gasteiger partial charge in [0, 0.05) is 5.56 Å². The van der Waals surface area contributed by atoms with Crippen molar-refractivity contribution >= 4 is 51.7 Å². The zero-order valence-electron chi connectivity index (χ0n) is 28.4. The van der Waals surface area contributed by atoms with Gasteiger partial charge in [0.1, 0.15) is 18.4 Å². The number of halogens is 1. The molecule has 12 heteroatoms. The van der Waals surface area contributed by atoms with Gasteiger partial charge in [-0.3, -0.25) is 9.36 Å². The summed E-state index contributed by atoms with van der Waals surface area (Å²) in [6.45, 7) is 3.96. The van der Waals surface area contributed by atoms with Crippen molar-refractivity contribution < 1.29 is 33.6 Å². The average molecular weight is 727 g/mol. The topological polar surface area (TPSA) is 126 Å². The van der Waals surface area contributed by atoms with Crippen molar-refractivity contribution in [1.82, 2.24) is 4.57 Å². The molecule has 0 saturated heterocycles. The number of thiazole rings is 1. The Hall–Kier alpha value is -5.39. The van der Waals surface area contributed by atoms with Gasteiger partial charge in [0.25, 0.3) is 5.56 Å². The summed E-state index contributed by atoms with van der Waals surface area (Å²) in [4.78, 5) is 45.0. The average Bonchev–Trinajstić information content (AvgIpc) is 3.43. The van der Waals surface area contributed by atoms with Gasteiger partial charge in [0.05, 0.1) is 47.2 Å². The lowest BCUT2D eigenvalue weighted by Gasteiger charge is -2.28. The van der Waals surface area contributed by atoms with Crippen LogP contribution in [0.1, 0.15) is 59.8 Å². The summed E-state index contributed by atoms with van der Waals surface area (Å²) in [7, 11) is 3.04. The Morgan fingerprint density at radius 1 is 1.00 bits per heavy atom. The van der Waals surface area contributed by atoms with E-state index >= 15 is 0 Å². The van der Waals surface area contributed by atoms with Crippen LogP contribution >= 0.6 is 22.9 Å². The molecule has 1 N–H and O–H groups in total. The third kappa shape index (κ3) is 6.99. The van der Waals surface area contributed by atoms with E-state index in [1.165, 1.54) is 30.6 Å². The minimum absolute atomic E-state index is 0.0513. The molecule has 0 radical (unpaired) electrons. The molecule has 5 aromatic rings. The largest absolute Gasteiger partial charge is 0.496 e. The predicted molar refractivity (Wildman–Crippen MR) is 196 cm³/mol. The first-order valence-electron chi connectivity index (χ1n) is 16.3. The highest BCUT2D eigenvalue weighted by Gasteiger charge is 2.37. The molecule has 10 nitrogen and oxygen atoms in total. The quantitative estimate of drug-likeness (QED) is 0.141. The maximum Gasteiger partial charge on any atom is 0.338 e. The number of esters is 1. The number of hydrogen-bond donors (Lipinski definition) is 1. The zero-order valence-corrected chi connectivity index (χ0v) is 30.0. The number of methoxy groups -OCH3 is 2. The lowest BCUT2D eigenvalue weighted by atomic mass is 9.90. The van der Waals surface area contributed by atoms with Gasteiger partial charge < -0.3 is 24.1 Å². The van der Waals surface area contributed by atoms with Gasteiger partial charge in [0.15, 0.2) is 16.3 Å². The van der Waals surface area contributed by atoms with Crippen LogP contribution in [0.2, 0.25) is 5.02 Å². The highest BCUT2D eigenvalue weighted by Crippen LogP contribution is 2.41. The number of nitrogens with zero attached hydrogens (tertiary/aromatic N) is 2. The molecule has 0 fully saturated rings. The van der Waals surface area contributed by atoms with Crippen LogP contribution in [-0.4, -0.2) is 42.4 Å². The number of aromatic carboxylic acids is 1. The molecular weight excluding hydrogens is 692 g/mol. The number of allylic oxidation sites excluding steroid dienone is 1. The molecule has 0 unspecified atom stereocenters. The molecule has 1 aliphatic heterocycles. The molecule has 0 aliphatic carbocycles. The fraction of sp³-hybridized carbons (Fsp3) is 0.231. The highest BCUT2D eigenvalue weighted by atomic mass is 35.5. The van der Waals surface area contributed by atoms with Gasteiger partial charge in [-0.2, -0.15) is 0 Å². The van der Waals surface area contributed by atoms with Gasteiger partial charge >= 0.3 is 11.9 Å². The minimum atomic E-state index is -1.04. The van der Waals surface area contributed by atoms with Gasteiger partial charge in [-0.05, 0) is 71.7 Å². The third-order valence-corrected chi connectivity index (χ3v) is 9.69. The molecule has 2 heterocycles. The standard InChI is InChI=1S/C39H35ClN2O8S/c1-5-10-28-33(38(46)49-6-2)34(32-26-14-8-7-12-24(26)15-16-29(32)47-3)42-36(43)31(51-39(42)41-28)20-23-18-27(40)35(30(19-23)48-4)50-21-22-11-9-13-25(17-22)37(44)45/h7-9,11-20,34H,5-6,10,21H2,1-4H3,(H,44,45)/b31-20+/t34-/m1/s1. The van der Waals surface area contributed by atoms with Crippen LogP contribution < -0.4 is 29.1 Å². The summed E-state index contributed by atoms with van der Waals surface area (Å²) in [6.07, 6.45) is 2.91. The molecule has 0 bridgehead atoms. The number of carbonyl (C=O) groups is 2. The Labute approximate surface area is 302 Å². The van der Waals surface area contributed by atoms with Crippen molar-refractivity contribution in [1.29, 1.82) is 0 Å². The second-order valence-corrected chi connectivity index (χ2v) is 13.1. The van der Waals surface area contributed by atoms with Crippen molar-refractivity contribution in [2.45, 2.75) is 39.3 Å². The van der Waals surface area contributed by atoms with Crippen LogP contribution in [0.15, 0.2) is 93.9 Å². The summed E-state index contributed by atoms with van der Waals surface area (Å²) in [5.74, 6) is -0.465. The second-order valence-electron chi connectivity index (χ2n) is 11.6. The van der Waals surface area contributed by atoms with Crippen molar-refractivity contribution in [3.63, 3.8) is 0 Å². The maximum atomic E-state index is 14.5. The normalized spacial score (nSPS) is 14.2. The number of carboxylic acids is 1. The van der Waals surface area contributed by atoms with Gasteiger partial charge in [-0.25, -0.2) is 14.6 Å². The van der Waals surface area contributed by atoms with Crippen LogP contribution in [0.4, 0.5) is 0 Å². The van der Waals surface area contributed by atoms with E-state index in [2.05, 4.69) is 0 Å². The zero-order chi connectivity index (χ0) is 36.2. The van der Waals surface area contributed by atoms with Crippen molar-refractivity contribution in [2.75, 3.05) is 20.8 Å². The minimum Gasteiger partial charge on any atom is -0.496 e. The van der Waals surface area contributed by atoms with Crippen molar-refractivity contribution in [3.8, 4) is 17.2 Å². The summed E-state index contributed by atoms with van der Waals surface area (Å²) >= 11 is 7.91. The molecule has 1 aliphatic rings. The second kappa shape index (κ2) is 15.2. The van der Waals surface area contributed by atoms with E-state index in [1.807, 2.05) is 43.3 Å². The Balaban J connectivity index is 1.50. The molecule has 0 saturated carbocycles. The number of fused-ring (bicyclic) bond motifs is 2. The summed E-state index contributed by atoms with van der Waals surface area (Å²) in [6, 6.07) is 20.4. The van der Waals surface area contributed by atoms with Gasteiger partial charge in [-0.1, -0.05) is 78.7 Å². The van der Waals surface area contributed by atoms with Crippen molar-refractivity contribution in [3.05, 3.63) is 131 Å². The van der Waals surface area contributed by atoms with Gasteiger partial charge in [0.2, 0.25) is 0 Å². The Morgan fingerprint density at radius 3 is 2.51 bits per heavy atom. The van der Waals surface area contributed by atoms with Crippen LogP contribution in [-0.2, 0) is 16.1 Å². The first-order valence-corrected chi connectivity index (χ1v) is 17.5. The first-order chi connectivity index (χ1) is 24.7. The summed E-state index contributed by atoms with van der Waals surface area (Å²) in [5.41, 5.74) is 2.51. The summed E-state index contributed by atoms with van der Waals surface area (Å²) in [5, 5.41) is 11.3. The van der Waals surface area contributed by atoms with E-state index in [0.29, 0.717) is 61.6 Å². The molecule has 4 aromatic carbocycles. The van der Waals surface area contributed by atoms with Crippen LogP contribution in [0.5, 0.6) is 17.2 Å². The molecule has 0 spiro atoms. The maximum absolute atomic E-state index is 14.5. The number of carboxylic acid groups (broad SMARTS) is 1. The van der Waals surface area contributed by atoms with Crippen LogP contribution in [0, 0.1) is 0 Å². The number of aromatic nitrogens is 1. The SMILES string of the molecule is CCCC1=C(C(=O)OCC)[C@@H](c2c(OC)ccc3ccccc23)n2c(s/c(=C/c3cc(Cl)c(OCc4cccc(C(=O)O)c4)c(OC)c3)c2=O)=N1.